The van der Waals surface area contributed by atoms with Crippen LogP contribution in [0.15, 0.2) is 50.7 Å². The molecule has 5 heteroatoms. The lowest BCUT2D eigenvalue weighted by atomic mass is 10.2. The lowest BCUT2D eigenvalue weighted by Gasteiger charge is -2.06. The highest BCUT2D eigenvalue weighted by Gasteiger charge is 2.07. The molecule has 2 rings (SSSR count). The van der Waals surface area contributed by atoms with Crippen molar-refractivity contribution in [3.63, 3.8) is 0 Å². The molecule has 1 nitrogen and oxygen atoms in total. The molecule has 2 aromatic rings. The van der Waals surface area contributed by atoms with Crippen LogP contribution in [0.25, 0.3) is 0 Å². The van der Waals surface area contributed by atoms with Crippen LogP contribution in [0.3, 0.4) is 0 Å². The molecule has 2 N–H and O–H groups in total. The average molecular weight is 330 g/mol. The van der Waals surface area contributed by atoms with Crippen molar-refractivity contribution < 1.29 is 8.78 Å². The van der Waals surface area contributed by atoms with Crippen LogP contribution >= 0.6 is 27.7 Å². The van der Waals surface area contributed by atoms with Gasteiger partial charge in [-0.3, -0.25) is 0 Å². The quantitative estimate of drug-likeness (QED) is 0.906. The first-order valence-electron chi connectivity index (χ1n) is 5.21. The van der Waals surface area contributed by atoms with Crippen molar-refractivity contribution in [3.8, 4) is 0 Å². The molecule has 0 fully saturated rings. The van der Waals surface area contributed by atoms with Gasteiger partial charge in [0.1, 0.15) is 11.6 Å². The lowest BCUT2D eigenvalue weighted by molar-refractivity contribution is 0.565. The molecule has 18 heavy (non-hydrogen) atoms. The summed E-state index contributed by atoms with van der Waals surface area (Å²) in [5.41, 5.74) is 6.54. The van der Waals surface area contributed by atoms with E-state index in [1.54, 1.807) is 0 Å². The number of nitrogens with two attached hydrogens (primary N) is 1. The second-order valence-electron chi connectivity index (χ2n) is 3.63. The Morgan fingerprint density at radius 2 is 1.89 bits per heavy atom. The first-order chi connectivity index (χ1) is 8.60. The van der Waals surface area contributed by atoms with Gasteiger partial charge >= 0.3 is 0 Å². The minimum atomic E-state index is -0.573. The molecule has 2 aromatic carbocycles. The standard InChI is InChI=1S/C13H10BrF2NS/c14-11-6-10(3-1-8(11)7-17)18-13-4-2-9(15)5-12(13)16/h1-6H,7,17H2. The molecule has 0 unspecified atom stereocenters. The highest BCUT2D eigenvalue weighted by Crippen LogP contribution is 2.32. The van der Waals surface area contributed by atoms with Gasteiger partial charge < -0.3 is 5.73 Å². The van der Waals surface area contributed by atoms with Crippen LogP contribution in [0.1, 0.15) is 5.56 Å². The number of rotatable bonds is 3. The van der Waals surface area contributed by atoms with Crippen molar-refractivity contribution in [1.29, 1.82) is 0 Å². The van der Waals surface area contributed by atoms with Crippen LogP contribution < -0.4 is 5.73 Å². The normalized spacial score (nSPS) is 10.7. The summed E-state index contributed by atoms with van der Waals surface area (Å²) in [5, 5.41) is 0. The number of halogens is 3. The Morgan fingerprint density at radius 1 is 1.11 bits per heavy atom. The highest BCUT2D eigenvalue weighted by molar-refractivity contribution is 9.10. The monoisotopic (exact) mass is 329 g/mol. The van der Waals surface area contributed by atoms with Crippen LogP contribution in [0.5, 0.6) is 0 Å². The fourth-order valence-corrected chi connectivity index (χ4v) is 2.99. The third kappa shape index (κ3) is 3.10. The zero-order valence-corrected chi connectivity index (χ0v) is 11.7. The van der Waals surface area contributed by atoms with Crippen LogP contribution in [-0.4, -0.2) is 0 Å². The van der Waals surface area contributed by atoms with Crippen LogP contribution in [0.4, 0.5) is 8.78 Å². The van der Waals surface area contributed by atoms with E-state index in [0.717, 1.165) is 21.0 Å². The molecule has 0 aliphatic rings. The zero-order valence-electron chi connectivity index (χ0n) is 9.29. The summed E-state index contributed by atoms with van der Waals surface area (Å²) in [5.74, 6) is -1.13. The van der Waals surface area contributed by atoms with Crippen molar-refractivity contribution in [2.45, 2.75) is 16.3 Å². The van der Waals surface area contributed by atoms with Gasteiger partial charge in [-0.25, -0.2) is 8.78 Å². The summed E-state index contributed by atoms with van der Waals surface area (Å²) in [6, 6.07) is 9.17. The number of benzene rings is 2. The smallest absolute Gasteiger partial charge is 0.140 e. The van der Waals surface area contributed by atoms with E-state index >= 15 is 0 Å². The zero-order chi connectivity index (χ0) is 13.1. The Bertz CT molecular complexity index is 575. The molecule has 0 spiro atoms. The molecule has 0 aliphatic heterocycles. The largest absolute Gasteiger partial charge is 0.326 e. The third-order valence-electron chi connectivity index (χ3n) is 2.37. The Kier molecular flexibility index (Phi) is 4.37. The Morgan fingerprint density at radius 3 is 2.50 bits per heavy atom. The summed E-state index contributed by atoms with van der Waals surface area (Å²) < 4.78 is 27.2. The minimum absolute atomic E-state index is 0.392. The van der Waals surface area contributed by atoms with E-state index in [-0.39, 0.29) is 0 Å². The molecule has 0 aliphatic carbocycles. The Labute approximate surface area is 117 Å². The molecule has 0 saturated heterocycles. The van der Waals surface area contributed by atoms with Crippen molar-refractivity contribution in [3.05, 3.63) is 58.1 Å². The van der Waals surface area contributed by atoms with Crippen molar-refractivity contribution in [2.24, 2.45) is 5.73 Å². The van der Waals surface area contributed by atoms with Crippen LogP contribution in [0.2, 0.25) is 0 Å². The molecule has 0 aromatic heterocycles. The highest BCUT2D eigenvalue weighted by atomic mass is 79.9. The lowest BCUT2D eigenvalue weighted by Crippen LogP contribution is -1.96. The van der Waals surface area contributed by atoms with Crippen molar-refractivity contribution >= 4 is 27.7 Å². The predicted octanol–water partition coefficient (Wildman–Crippen LogP) is 4.34. The molecule has 0 atom stereocenters. The van der Waals surface area contributed by atoms with E-state index < -0.39 is 11.6 Å². The minimum Gasteiger partial charge on any atom is -0.326 e. The van der Waals surface area contributed by atoms with Crippen LogP contribution in [0, 0.1) is 11.6 Å². The summed E-state index contributed by atoms with van der Waals surface area (Å²) in [6.07, 6.45) is 0. The van der Waals surface area contributed by atoms with Gasteiger partial charge in [-0.1, -0.05) is 33.8 Å². The Hall–Kier alpha value is -0.910. The summed E-state index contributed by atoms with van der Waals surface area (Å²) in [6.45, 7) is 0.441. The van der Waals surface area contributed by atoms with Crippen molar-refractivity contribution in [2.75, 3.05) is 0 Å². The van der Waals surface area contributed by atoms with Crippen LogP contribution in [-0.2, 0) is 6.54 Å². The maximum absolute atomic E-state index is 13.5. The molecule has 0 radical (unpaired) electrons. The fourth-order valence-electron chi connectivity index (χ4n) is 1.44. The van der Waals surface area contributed by atoms with E-state index in [4.69, 9.17) is 5.73 Å². The Balaban J connectivity index is 2.26. The van der Waals surface area contributed by atoms with Gasteiger partial charge in [-0.05, 0) is 29.8 Å². The van der Waals surface area contributed by atoms with Gasteiger partial charge in [0.15, 0.2) is 0 Å². The molecular formula is C13H10BrF2NS. The van der Waals surface area contributed by atoms with E-state index in [1.165, 1.54) is 23.9 Å². The summed E-state index contributed by atoms with van der Waals surface area (Å²) >= 11 is 4.65. The fraction of sp³-hybridized carbons (Fsp3) is 0.0769. The van der Waals surface area contributed by atoms with E-state index in [9.17, 15) is 8.78 Å². The van der Waals surface area contributed by atoms with Gasteiger partial charge in [0, 0.05) is 26.9 Å². The van der Waals surface area contributed by atoms with Gasteiger partial charge in [-0.15, -0.1) is 0 Å². The van der Waals surface area contributed by atoms with Crippen molar-refractivity contribution in [1.82, 2.24) is 0 Å². The first-order valence-corrected chi connectivity index (χ1v) is 6.82. The first kappa shape index (κ1) is 13.5. The molecular weight excluding hydrogens is 320 g/mol. The number of hydrogen-bond acceptors (Lipinski definition) is 2. The van der Waals surface area contributed by atoms with E-state index in [2.05, 4.69) is 15.9 Å². The maximum atomic E-state index is 13.5. The van der Waals surface area contributed by atoms with Gasteiger partial charge in [0.05, 0.1) is 0 Å². The van der Waals surface area contributed by atoms with Gasteiger partial charge in [0.2, 0.25) is 0 Å². The molecule has 0 bridgehead atoms. The van der Waals surface area contributed by atoms with Gasteiger partial charge in [-0.2, -0.15) is 0 Å². The molecule has 0 heterocycles. The van der Waals surface area contributed by atoms with Gasteiger partial charge in [0.25, 0.3) is 0 Å². The predicted molar refractivity (Wildman–Crippen MR) is 72.5 cm³/mol. The molecule has 0 amide bonds. The SMILES string of the molecule is NCc1ccc(Sc2ccc(F)cc2F)cc1Br. The van der Waals surface area contributed by atoms with E-state index in [0.29, 0.717) is 11.4 Å². The van der Waals surface area contributed by atoms with E-state index in [1.807, 2.05) is 18.2 Å². The maximum Gasteiger partial charge on any atom is 0.140 e. The average Bonchev–Trinajstić information content (AvgIpc) is 2.33. The molecule has 0 saturated carbocycles. The summed E-state index contributed by atoms with van der Waals surface area (Å²) in [4.78, 5) is 1.26. The number of hydrogen-bond donors (Lipinski definition) is 1. The second-order valence-corrected chi connectivity index (χ2v) is 5.60. The second kappa shape index (κ2) is 5.82. The molecule has 94 valence electrons. The third-order valence-corrected chi connectivity index (χ3v) is 4.15. The topological polar surface area (TPSA) is 26.0 Å². The summed E-state index contributed by atoms with van der Waals surface area (Å²) in [7, 11) is 0.